The number of rotatable bonds is 4. The molecule has 3 heterocycles. The molecule has 0 saturated carbocycles. The zero-order valence-electron chi connectivity index (χ0n) is 17.5. The standard InChI is InChI=1S/C10H13N5O4.4Na.H4O7P2/c11-8-5-9(13-2-12-8)15(3-14-5)10-7(18)6(17)4(1-16)19-10;;;;;1-8(2,3)7-9(4,5)6/h2-4,6-7,10,16-18H,1H2,(H2,11,12,13);;;;;(H2,1,2,3)(H2,4,5,6)/q;4*+1;/p-4/t4-,6-,7-,10-;;;;;/m1...../s1. The minimum Gasteiger partial charge on any atom is -0.790 e. The summed E-state index contributed by atoms with van der Waals surface area (Å²) in [5, 5.41) is 28.7. The first-order valence-electron chi connectivity index (χ1n) is 7.15. The zero-order chi connectivity index (χ0) is 21.3. The Labute approximate surface area is 269 Å². The van der Waals surface area contributed by atoms with Gasteiger partial charge in [-0.3, -0.25) is 4.57 Å². The van der Waals surface area contributed by atoms with Crippen molar-refractivity contribution in [3.05, 3.63) is 12.7 Å². The Balaban J connectivity index is -0.000000569. The first kappa shape index (κ1) is 39.0. The van der Waals surface area contributed by atoms with E-state index < -0.39 is 46.8 Å². The summed E-state index contributed by atoms with van der Waals surface area (Å²) >= 11 is 0. The minimum atomic E-state index is -5.68. The molecule has 1 fully saturated rings. The van der Waals surface area contributed by atoms with Crippen molar-refractivity contribution in [1.82, 2.24) is 19.5 Å². The van der Waals surface area contributed by atoms with E-state index >= 15 is 0 Å². The van der Waals surface area contributed by atoms with E-state index in [0.717, 1.165) is 0 Å². The summed E-state index contributed by atoms with van der Waals surface area (Å²) in [6, 6.07) is 0. The van der Waals surface area contributed by atoms with E-state index in [-0.39, 0.29) is 124 Å². The third kappa shape index (κ3) is 11.2. The van der Waals surface area contributed by atoms with Gasteiger partial charge >= 0.3 is 118 Å². The number of aromatic nitrogens is 4. The molecule has 2 aromatic rings. The number of phosphoric acid groups is 2. The van der Waals surface area contributed by atoms with Crippen LogP contribution < -0.4 is 144 Å². The fourth-order valence-corrected chi connectivity index (χ4v) is 3.27. The van der Waals surface area contributed by atoms with Crippen LogP contribution in [0.4, 0.5) is 5.82 Å². The molecule has 0 unspecified atom stereocenters. The van der Waals surface area contributed by atoms with Gasteiger partial charge in [0.05, 0.1) is 28.6 Å². The van der Waals surface area contributed by atoms with Gasteiger partial charge in [0.15, 0.2) is 17.7 Å². The summed E-state index contributed by atoms with van der Waals surface area (Å²) in [4.78, 5) is 49.2. The van der Waals surface area contributed by atoms with E-state index in [2.05, 4.69) is 19.3 Å². The van der Waals surface area contributed by atoms with Crippen molar-refractivity contribution in [2.45, 2.75) is 24.5 Å². The first-order chi connectivity index (χ1) is 12.8. The predicted octanol–water partition coefficient (Wildman–Crippen LogP) is -17.3. The topological polar surface area (TPSA) is 275 Å². The maximum Gasteiger partial charge on any atom is 1.00 e. The normalized spacial score (nSPS) is 22.3. The van der Waals surface area contributed by atoms with E-state index in [1.807, 2.05) is 0 Å². The summed E-state index contributed by atoms with van der Waals surface area (Å²) in [6.07, 6.45) is -1.42. The monoisotopic (exact) mass is 533 g/mol. The first-order valence-corrected chi connectivity index (χ1v) is 10.1. The van der Waals surface area contributed by atoms with E-state index in [9.17, 15) is 38.9 Å². The van der Waals surface area contributed by atoms with Crippen molar-refractivity contribution in [2.75, 3.05) is 12.3 Å². The van der Waals surface area contributed by atoms with Gasteiger partial charge < -0.3 is 58.8 Å². The van der Waals surface area contributed by atoms with Crippen molar-refractivity contribution >= 4 is 32.6 Å². The van der Waals surface area contributed by atoms with Crippen LogP contribution in [0.2, 0.25) is 0 Å². The van der Waals surface area contributed by atoms with Gasteiger partial charge in [-0.15, -0.1) is 0 Å². The minimum absolute atomic E-state index is 0. The van der Waals surface area contributed by atoms with Crippen LogP contribution in [-0.4, -0.2) is 59.8 Å². The molecular formula is C10H13N5Na4O11P2. The maximum absolute atomic E-state index is 9.95. The second-order valence-electron chi connectivity index (χ2n) is 5.29. The van der Waals surface area contributed by atoms with Crippen molar-refractivity contribution in [3.63, 3.8) is 0 Å². The summed E-state index contributed by atoms with van der Waals surface area (Å²) in [7, 11) is -11.4. The SMILES string of the molecule is Nc1ncnc2c1ncn2[C@@H]1O[C@H](CO)[C@@H](O)[C@H]1O.O=P([O-])([O-])OP(=O)([O-])[O-].[Na+].[Na+].[Na+].[Na+]. The van der Waals surface area contributed by atoms with Gasteiger partial charge in [-0.1, -0.05) is 0 Å². The Morgan fingerprint density at radius 1 is 1.03 bits per heavy atom. The molecule has 0 spiro atoms. The number of anilines is 1. The summed E-state index contributed by atoms with van der Waals surface area (Å²) in [6.45, 7) is -0.390. The third-order valence-electron chi connectivity index (χ3n) is 3.38. The van der Waals surface area contributed by atoms with Crippen LogP contribution in [0.3, 0.4) is 0 Å². The molecule has 32 heavy (non-hydrogen) atoms. The number of hydrogen-bond acceptors (Lipinski definition) is 15. The number of hydrogen-bond donors (Lipinski definition) is 4. The van der Waals surface area contributed by atoms with E-state index in [1.54, 1.807) is 0 Å². The molecule has 4 atom stereocenters. The van der Waals surface area contributed by atoms with Crippen LogP contribution in [0.15, 0.2) is 12.7 Å². The average molecular weight is 533 g/mol. The predicted molar refractivity (Wildman–Crippen MR) is 79.0 cm³/mol. The third-order valence-corrected chi connectivity index (χ3v) is 4.98. The molecule has 2 aromatic heterocycles. The number of nitrogens with zero attached hydrogens (tertiary/aromatic N) is 4. The Morgan fingerprint density at radius 3 is 1.97 bits per heavy atom. The number of nitrogen functional groups attached to an aromatic ring is 1. The van der Waals surface area contributed by atoms with Gasteiger partial charge in [-0.05, 0) is 0 Å². The molecule has 1 aliphatic rings. The number of nitrogens with two attached hydrogens (primary N) is 1. The van der Waals surface area contributed by atoms with Crippen LogP contribution in [0.5, 0.6) is 0 Å². The molecule has 0 radical (unpaired) electrons. The smallest absolute Gasteiger partial charge is 0.790 e. The molecule has 0 aliphatic carbocycles. The molecule has 158 valence electrons. The molecule has 0 aromatic carbocycles. The molecule has 0 amide bonds. The quantitative estimate of drug-likeness (QED) is 0.210. The molecular weight excluding hydrogens is 520 g/mol. The molecule has 5 N–H and O–H groups in total. The van der Waals surface area contributed by atoms with Gasteiger partial charge in [-0.25, -0.2) is 15.0 Å². The Kier molecular flexibility index (Phi) is 19.9. The van der Waals surface area contributed by atoms with Crippen molar-refractivity contribution < 1.29 is 171 Å². The van der Waals surface area contributed by atoms with Crippen LogP contribution in [0.25, 0.3) is 11.2 Å². The zero-order valence-corrected chi connectivity index (χ0v) is 27.3. The summed E-state index contributed by atoms with van der Waals surface area (Å²) in [5.74, 6) is 0.218. The second-order valence-corrected chi connectivity index (χ2v) is 7.73. The van der Waals surface area contributed by atoms with Crippen LogP contribution >= 0.6 is 15.6 Å². The molecule has 16 nitrogen and oxygen atoms in total. The average Bonchev–Trinajstić information content (AvgIpc) is 3.08. The molecule has 1 aliphatic heterocycles. The molecule has 3 rings (SSSR count). The second kappa shape index (κ2) is 16.3. The fourth-order valence-electron chi connectivity index (χ4n) is 2.29. The summed E-state index contributed by atoms with van der Waals surface area (Å²) < 4.78 is 28.0. The van der Waals surface area contributed by atoms with Gasteiger partial charge in [0.1, 0.15) is 30.2 Å². The van der Waals surface area contributed by atoms with Crippen LogP contribution in [-0.2, 0) is 18.2 Å². The molecule has 22 heteroatoms. The van der Waals surface area contributed by atoms with Gasteiger partial charge in [0, 0.05) is 0 Å². The van der Waals surface area contributed by atoms with E-state index in [4.69, 9.17) is 15.6 Å². The molecule has 1 saturated heterocycles. The number of ether oxygens (including phenoxy) is 1. The Morgan fingerprint density at radius 2 is 1.56 bits per heavy atom. The van der Waals surface area contributed by atoms with E-state index in [0.29, 0.717) is 11.2 Å². The maximum atomic E-state index is 9.95. The fraction of sp³-hybridized carbons (Fsp3) is 0.500. The van der Waals surface area contributed by atoms with Gasteiger partial charge in [-0.2, -0.15) is 0 Å². The number of imidazole rings is 1. The van der Waals surface area contributed by atoms with Crippen LogP contribution in [0.1, 0.15) is 6.23 Å². The van der Waals surface area contributed by atoms with Crippen LogP contribution in [0, 0.1) is 0 Å². The largest absolute Gasteiger partial charge is 1.00 e. The number of aliphatic hydroxyl groups is 3. The van der Waals surface area contributed by atoms with Crippen molar-refractivity contribution in [2.24, 2.45) is 0 Å². The summed E-state index contributed by atoms with van der Waals surface area (Å²) in [5.41, 5.74) is 6.44. The van der Waals surface area contributed by atoms with Crippen molar-refractivity contribution in [1.29, 1.82) is 0 Å². The van der Waals surface area contributed by atoms with Crippen molar-refractivity contribution in [3.8, 4) is 0 Å². The van der Waals surface area contributed by atoms with Gasteiger partial charge in [0.25, 0.3) is 0 Å². The van der Waals surface area contributed by atoms with E-state index in [1.165, 1.54) is 17.2 Å². The Bertz CT molecular complexity index is 910. The Hall–Kier alpha value is 2.45. The number of aliphatic hydroxyl groups excluding tert-OH is 3. The van der Waals surface area contributed by atoms with Gasteiger partial charge in [0.2, 0.25) is 0 Å². The number of fused-ring (bicyclic) bond motifs is 1. The molecule has 0 bridgehead atoms.